The van der Waals surface area contributed by atoms with Gasteiger partial charge in [0.15, 0.2) is 0 Å². The Balaban J connectivity index is 2.45. The molecule has 0 aliphatic rings. The van der Waals surface area contributed by atoms with E-state index >= 15 is 0 Å². The standard InChI is InChI=1S/C21H26ClFN4O4S/c1-15(21(29)24-2)26(13-16-7-5-6-8-19(16)22)20(28)14-27(32(30,31)25(3)4)18-11-9-17(23)10-12-18/h5-12,15H,13-14H2,1-4H3,(H,24,29). The smallest absolute Gasteiger partial charge is 0.304 e. The Morgan fingerprint density at radius 1 is 1.09 bits per heavy atom. The maximum Gasteiger partial charge on any atom is 0.304 e. The van der Waals surface area contributed by atoms with Gasteiger partial charge in [0.2, 0.25) is 11.8 Å². The van der Waals surface area contributed by atoms with E-state index in [1.165, 1.54) is 45.1 Å². The van der Waals surface area contributed by atoms with Crippen LogP contribution in [0.1, 0.15) is 12.5 Å². The predicted molar refractivity (Wildman–Crippen MR) is 122 cm³/mol. The van der Waals surface area contributed by atoms with Crippen LogP contribution in [0.15, 0.2) is 48.5 Å². The number of nitrogens with one attached hydrogen (secondary N) is 1. The van der Waals surface area contributed by atoms with Crippen LogP contribution in [0.25, 0.3) is 0 Å². The fourth-order valence-corrected chi connectivity index (χ4v) is 4.18. The second kappa shape index (κ2) is 10.8. The largest absolute Gasteiger partial charge is 0.357 e. The summed E-state index contributed by atoms with van der Waals surface area (Å²) in [4.78, 5) is 26.9. The van der Waals surface area contributed by atoms with Gasteiger partial charge in [-0.3, -0.25) is 9.59 Å². The first-order valence-electron chi connectivity index (χ1n) is 9.69. The van der Waals surface area contributed by atoms with Crippen molar-refractivity contribution >= 4 is 39.3 Å². The van der Waals surface area contributed by atoms with Crippen molar-refractivity contribution in [2.24, 2.45) is 0 Å². The molecule has 0 radical (unpaired) electrons. The Morgan fingerprint density at radius 2 is 1.69 bits per heavy atom. The van der Waals surface area contributed by atoms with Crippen molar-refractivity contribution in [1.82, 2.24) is 14.5 Å². The van der Waals surface area contributed by atoms with E-state index in [0.29, 0.717) is 10.6 Å². The van der Waals surface area contributed by atoms with Gasteiger partial charge in [-0.05, 0) is 42.8 Å². The van der Waals surface area contributed by atoms with Crippen molar-refractivity contribution in [3.63, 3.8) is 0 Å². The number of carbonyl (C=O) groups is 2. The highest BCUT2D eigenvalue weighted by molar-refractivity contribution is 7.90. The summed E-state index contributed by atoms with van der Waals surface area (Å²) in [5, 5.41) is 2.90. The Bertz CT molecular complexity index is 1060. The SMILES string of the molecule is CNC(=O)C(C)N(Cc1ccccc1Cl)C(=O)CN(c1ccc(F)cc1)S(=O)(=O)N(C)C. The van der Waals surface area contributed by atoms with Gasteiger partial charge in [-0.15, -0.1) is 0 Å². The molecule has 0 saturated carbocycles. The molecule has 0 saturated heterocycles. The molecule has 32 heavy (non-hydrogen) atoms. The highest BCUT2D eigenvalue weighted by Crippen LogP contribution is 2.22. The van der Waals surface area contributed by atoms with E-state index in [4.69, 9.17) is 11.6 Å². The fourth-order valence-electron chi connectivity index (χ4n) is 2.93. The van der Waals surface area contributed by atoms with E-state index < -0.39 is 40.4 Å². The monoisotopic (exact) mass is 484 g/mol. The van der Waals surface area contributed by atoms with Crippen LogP contribution in [0.3, 0.4) is 0 Å². The summed E-state index contributed by atoms with van der Waals surface area (Å²) in [5.74, 6) is -1.60. The van der Waals surface area contributed by atoms with Crippen molar-refractivity contribution in [3.8, 4) is 0 Å². The van der Waals surface area contributed by atoms with Crippen LogP contribution in [0.5, 0.6) is 0 Å². The van der Waals surface area contributed by atoms with Crippen LogP contribution >= 0.6 is 11.6 Å². The summed E-state index contributed by atoms with van der Waals surface area (Å²) in [7, 11) is -0.00433. The van der Waals surface area contributed by atoms with E-state index in [0.717, 1.165) is 20.7 Å². The molecule has 0 bridgehead atoms. The quantitative estimate of drug-likeness (QED) is 0.591. The zero-order chi connectivity index (χ0) is 24.1. The number of amides is 2. The molecule has 0 aliphatic carbocycles. The molecule has 174 valence electrons. The molecule has 1 atom stereocenters. The number of hydrogen-bond acceptors (Lipinski definition) is 4. The molecule has 0 heterocycles. The van der Waals surface area contributed by atoms with Gasteiger partial charge in [-0.2, -0.15) is 12.7 Å². The minimum absolute atomic E-state index is 0.00758. The zero-order valence-corrected chi connectivity index (χ0v) is 19.8. The number of halogens is 2. The van der Waals surface area contributed by atoms with Gasteiger partial charge >= 0.3 is 10.2 Å². The molecule has 11 heteroatoms. The lowest BCUT2D eigenvalue weighted by atomic mass is 10.1. The lowest BCUT2D eigenvalue weighted by Crippen LogP contribution is -2.52. The number of nitrogens with zero attached hydrogens (tertiary/aromatic N) is 3. The highest BCUT2D eigenvalue weighted by atomic mass is 35.5. The number of anilines is 1. The van der Waals surface area contributed by atoms with E-state index in [1.807, 2.05) is 0 Å². The number of benzene rings is 2. The molecule has 2 amide bonds. The molecule has 0 spiro atoms. The lowest BCUT2D eigenvalue weighted by molar-refractivity contribution is -0.139. The van der Waals surface area contributed by atoms with Crippen LogP contribution < -0.4 is 9.62 Å². The summed E-state index contributed by atoms with van der Waals surface area (Å²) in [6.45, 7) is 0.931. The van der Waals surface area contributed by atoms with Gasteiger partial charge in [0, 0.05) is 32.7 Å². The number of carbonyl (C=O) groups excluding carboxylic acids is 2. The molecule has 2 aromatic carbocycles. The third-order valence-corrected chi connectivity index (χ3v) is 7.03. The van der Waals surface area contributed by atoms with Gasteiger partial charge in [-0.25, -0.2) is 8.70 Å². The number of hydrogen-bond donors (Lipinski definition) is 1. The fraction of sp³-hybridized carbons (Fsp3) is 0.333. The summed E-state index contributed by atoms with van der Waals surface area (Å²) in [6, 6.07) is 10.7. The van der Waals surface area contributed by atoms with Crippen molar-refractivity contribution in [3.05, 3.63) is 64.9 Å². The maximum atomic E-state index is 13.4. The molecule has 0 fully saturated rings. The Kier molecular flexibility index (Phi) is 8.59. The van der Waals surface area contributed by atoms with Crippen LogP contribution in [0.2, 0.25) is 5.02 Å². The summed E-state index contributed by atoms with van der Waals surface area (Å²) in [5.41, 5.74) is 0.709. The van der Waals surface area contributed by atoms with Gasteiger partial charge in [0.05, 0.1) is 5.69 Å². The molecule has 1 unspecified atom stereocenters. The van der Waals surface area contributed by atoms with Gasteiger partial charge in [0.25, 0.3) is 0 Å². The van der Waals surface area contributed by atoms with Crippen molar-refractivity contribution in [2.75, 3.05) is 32.0 Å². The second-order valence-corrected chi connectivity index (χ2v) is 9.65. The van der Waals surface area contributed by atoms with E-state index in [2.05, 4.69) is 5.32 Å². The minimum Gasteiger partial charge on any atom is -0.357 e. The second-order valence-electron chi connectivity index (χ2n) is 7.18. The Hall–Kier alpha value is -2.69. The van der Waals surface area contributed by atoms with Gasteiger partial charge < -0.3 is 10.2 Å². The molecular weight excluding hydrogens is 459 g/mol. The third kappa shape index (κ3) is 5.96. The molecule has 1 N–H and O–H groups in total. The summed E-state index contributed by atoms with van der Waals surface area (Å²) < 4.78 is 41.1. The van der Waals surface area contributed by atoms with Gasteiger partial charge in [0.1, 0.15) is 18.4 Å². The molecule has 8 nitrogen and oxygen atoms in total. The Labute approximate surface area is 192 Å². The molecule has 0 aliphatic heterocycles. The average molecular weight is 485 g/mol. The van der Waals surface area contributed by atoms with Crippen molar-refractivity contribution < 1.29 is 22.4 Å². The first-order valence-corrected chi connectivity index (χ1v) is 11.5. The third-order valence-electron chi connectivity index (χ3n) is 4.85. The zero-order valence-electron chi connectivity index (χ0n) is 18.2. The summed E-state index contributed by atoms with van der Waals surface area (Å²) in [6.07, 6.45) is 0. The number of likely N-dealkylation sites (N-methyl/N-ethyl adjacent to an activating group) is 1. The van der Waals surface area contributed by atoms with Crippen LogP contribution in [-0.4, -0.2) is 63.2 Å². The van der Waals surface area contributed by atoms with E-state index in [-0.39, 0.29) is 12.2 Å². The molecule has 2 aromatic rings. The molecular formula is C21H26ClFN4O4S. The van der Waals surface area contributed by atoms with E-state index in [9.17, 15) is 22.4 Å². The van der Waals surface area contributed by atoms with Crippen LogP contribution in [0.4, 0.5) is 10.1 Å². The predicted octanol–water partition coefficient (Wildman–Crippen LogP) is 2.26. The minimum atomic E-state index is -4.10. The molecule has 2 rings (SSSR count). The maximum absolute atomic E-state index is 13.4. The van der Waals surface area contributed by atoms with Crippen molar-refractivity contribution in [1.29, 1.82) is 0 Å². The number of rotatable bonds is 9. The first kappa shape index (κ1) is 25.6. The van der Waals surface area contributed by atoms with E-state index in [1.54, 1.807) is 24.3 Å². The normalized spacial score (nSPS) is 12.3. The Morgan fingerprint density at radius 3 is 2.22 bits per heavy atom. The lowest BCUT2D eigenvalue weighted by Gasteiger charge is -2.32. The van der Waals surface area contributed by atoms with Crippen LogP contribution in [0, 0.1) is 5.82 Å². The van der Waals surface area contributed by atoms with Crippen LogP contribution in [-0.2, 0) is 26.3 Å². The molecule has 0 aromatic heterocycles. The summed E-state index contributed by atoms with van der Waals surface area (Å²) >= 11 is 6.23. The van der Waals surface area contributed by atoms with Crippen molar-refractivity contribution in [2.45, 2.75) is 19.5 Å². The average Bonchev–Trinajstić information content (AvgIpc) is 2.76. The topological polar surface area (TPSA) is 90.0 Å². The first-order chi connectivity index (χ1) is 15.0. The van der Waals surface area contributed by atoms with Gasteiger partial charge in [-0.1, -0.05) is 29.8 Å². The highest BCUT2D eigenvalue weighted by Gasteiger charge is 2.32.